The summed E-state index contributed by atoms with van der Waals surface area (Å²) in [6.45, 7) is 3.93. The molecular weight excluding hydrogens is 434 g/mol. The van der Waals surface area contributed by atoms with E-state index in [1.54, 1.807) is 23.5 Å². The van der Waals surface area contributed by atoms with E-state index < -0.39 is 0 Å². The van der Waals surface area contributed by atoms with E-state index in [9.17, 15) is 9.59 Å². The van der Waals surface area contributed by atoms with E-state index in [1.807, 2.05) is 67.8 Å². The number of hydrogen-bond donors (Lipinski definition) is 2. The van der Waals surface area contributed by atoms with E-state index in [1.165, 1.54) is 10.7 Å². The first-order valence-electron chi connectivity index (χ1n) is 10.5. The van der Waals surface area contributed by atoms with Crippen LogP contribution in [0.4, 0.5) is 5.82 Å². The van der Waals surface area contributed by atoms with Crippen molar-refractivity contribution in [3.05, 3.63) is 93.7 Å². The van der Waals surface area contributed by atoms with Gasteiger partial charge in [-0.3, -0.25) is 14.6 Å². The molecule has 8 heteroatoms. The zero-order valence-corrected chi connectivity index (χ0v) is 18.9. The molecule has 3 aromatic heterocycles. The molecule has 0 aliphatic rings. The van der Waals surface area contributed by atoms with E-state index in [-0.39, 0.29) is 23.3 Å². The topological polar surface area (TPSA) is 92.7 Å². The maximum atomic E-state index is 13.3. The van der Waals surface area contributed by atoms with E-state index in [0.717, 1.165) is 15.6 Å². The summed E-state index contributed by atoms with van der Waals surface area (Å²) in [4.78, 5) is 33.9. The molecule has 0 fully saturated rings. The van der Waals surface area contributed by atoms with Gasteiger partial charge in [-0.25, -0.2) is 4.98 Å². The Morgan fingerprint density at radius 3 is 2.67 bits per heavy atom. The van der Waals surface area contributed by atoms with Crippen LogP contribution in [0.2, 0.25) is 0 Å². The lowest BCUT2D eigenvalue weighted by Crippen LogP contribution is -2.19. The molecule has 0 radical (unpaired) electrons. The number of nitrogens with one attached hydrogen (secondary N) is 2. The minimum atomic E-state index is -0.275. The van der Waals surface area contributed by atoms with Crippen LogP contribution >= 0.6 is 11.3 Å². The fraction of sp³-hybridized carbons (Fsp3) is 0.120. The van der Waals surface area contributed by atoms with Crippen LogP contribution in [-0.2, 0) is 0 Å². The van der Waals surface area contributed by atoms with Crippen molar-refractivity contribution < 1.29 is 4.79 Å². The summed E-state index contributed by atoms with van der Waals surface area (Å²) < 4.78 is 1.48. The molecular formula is C25H21N5O2S. The van der Waals surface area contributed by atoms with E-state index in [4.69, 9.17) is 0 Å². The zero-order valence-electron chi connectivity index (χ0n) is 18.1. The molecule has 2 aromatic carbocycles. The standard InChI is InChI=1S/C25H21N5O2S/c1-15(2)19-14-23(31)28-25(26-19)30-22(13-20(29-30)21-11-6-12-33-21)27-24(32)18-10-5-8-16-7-3-4-9-17(16)18/h3-15H,1-2H3,(H,27,32)(H,26,28,31). The van der Waals surface area contributed by atoms with Crippen LogP contribution in [0.5, 0.6) is 0 Å². The number of anilines is 1. The Balaban J connectivity index is 1.61. The molecule has 7 nitrogen and oxygen atoms in total. The maximum Gasteiger partial charge on any atom is 0.257 e. The highest BCUT2D eigenvalue weighted by Crippen LogP contribution is 2.28. The number of fused-ring (bicyclic) bond motifs is 1. The Morgan fingerprint density at radius 1 is 1.06 bits per heavy atom. The molecule has 164 valence electrons. The number of amides is 1. The number of aromatic amines is 1. The predicted octanol–water partition coefficient (Wildman–Crippen LogP) is 5.21. The Hall–Kier alpha value is -4.04. The molecule has 3 heterocycles. The van der Waals surface area contributed by atoms with Gasteiger partial charge in [0.15, 0.2) is 0 Å². The van der Waals surface area contributed by atoms with Gasteiger partial charge in [-0.05, 0) is 34.2 Å². The number of thiophene rings is 1. The largest absolute Gasteiger partial charge is 0.306 e. The third kappa shape index (κ3) is 4.08. The average Bonchev–Trinajstić information content (AvgIpc) is 3.48. The molecule has 1 amide bonds. The summed E-state index contributed by atoms with van der Waals surface area (Å²) >= 11 is 1.54. The summed E-state index contributed by atoms with van der Waals surface area (Å²) in [5.74, 6) is 0.461. The SMILES string of the molecule is CC(C)c1cc(=O)[nH]c(-n2nc(-c3cccs3)cc2NC(=O)c2cccc3ccccc23)n1. The minimum absolute atomic E-state index is 0.0621. The fourth-order valence-corrected chi connectivity index (χ4v) is 4.32. The number of rotatable bonds is 5. The lowest BCUT2D eigenvalue weighted by atomic mass is 10.0. The molecule has 0 unspecified atom stereocenters. The Morgan fingerprint density at radius 2 is 1.88 bits per heavy atom. The molecule has 0 spiro atoms. The first kappa shape index (κ1) is 20.8. The van der Waals surface area contributed by atoms with Gasteiger partial charge in [-0.15, -0.1) is 11.3 Å². The fourth-order valence-electron chi connectivity index (χ4n) is 3.64. The number of carbonyl (C=O) groups is 1. The molecule has 0 saturated heterocycles. The molecule has 5 rings (SSSR count). The first-order chi connectivity index (χ1) is 16.0. The summed E-state index contributed by atoms with van der Waals surface area (Å²) in [6, 6.07) is 20.5. The van der Waals surface area contributed by atoms with E-state index in [2.05, 4.69) is 20.4 Å². The van der Waals surface area contributed by atoms with Crippen molar-refractivity contribution in [2.45, 2.75) is 19.8 Å². The number of benzene rings is 2. The molecule has 0 aliphatic heterocycles. The van der Waals surface area contributed by atoms with Gasteiger partial charge in [-0.1, -0.05) is 56.3 Å². The lowest BCUT2D eigenvalue weighted by molar-refractivity contribution is 0.102. The number of hydrogen-bond acceptors (Lipinski definition) is 5. The second kappa shape index (κ2) is 8.48. The number of carbonyl (C=O) groups excluding carboxylic acids is 1. The van der Waals surface area contributed by atoms with Crippen molar-refractivity contribution in [3.63, 3.8) is 0 Å². The second-order valence-electron chi connectivity index (χ2n) is 7.93. The van der Waals surface area contributed by atoms with Crippen LogP contribution < -0.4 is 10.9 Å². The zero-order chi connectivity index (χ0) is 22.9. The third-order valence-corrected chi connectivity index (χ3v) is 6.19. The predicted molar refractivity (Wildman–Crippen MR) is 131 cm³/mol. The van der Waals surface area contributed by atoms with Gasteiger partial charge < -0.3 is 5.32 Å². The summed E-state index contributed by atoms with van der Waals surface area (Å²) in [6.07, 6.45) is 0. The smallest absolute Gasteiger partial charge is 0.257 e. The highest BCUT2D eigenvalue weighted by Gasteiger charge is 2.18. The van der Waals surface area contributed by atoms with Crippen molar-refractivity contribution >= 4 is 33.8 Å². The van der Waals surface area contributed by atoms with Crippen molar-refractivity contribution in [1.29, 1.82) is 0 Å². The molecule has 5 aromatic rings. The summed E-state index contributed by atoms with van der Waals surface area (Å²) in [5, 5.41) is 11.4. The Labute approximate surface area is 193 Å². The number of H-pyrrole nitrogens is 1. The average molecular weight is 456 g/mol. The Kier molecular flexibility index (Phi) is 5.35. The Bertz CT molecular complexity index is 1510. The highest BCUT2D eigenvalue weighted by molar-refractivity contribution is 7.13. The van der Waals surface area contributed by atoms with Crippen molar-refractivity contribution in [3.8, 4) is 16.5 Å². The molecule has 2 N–H and O–H groups in total. The summed E-state index contributed by atoms with van der Waals surface area (Å²) in [7, 11) is 0. The van der Waals surface area contributed by atoms with Gasteiger partial charge in [-0.2, -0.15) is 9.78 Å². The lowest BCUT2D eigenvalue weighted by Gasteiger charge is -2.11. The van der Waals surface area contributed by atoms with Crippen LogP contribution in [0.15, 0.2) is 76.9 Å². The first-order valence-corrected chi connectivity index (χ1v) is 11.4. The van der Waals surface area contributed by atoms with Gasteiger partial charge >= 0.3 is 0 Å². The molecule has 0 saturated carbocycles. The normalized spacial score (nSPS) is 11.2. The van der Waals surface area contributed by atoms with Crippen molar-refractivity contribution in [2.75, 3.05) is 5.32 Å². The molecule has 0 aliphatic carbocycles. The van der Waals surface area contributed by atoms with Gasteiger partial charge in [0.25, 0.3) is 11.5 Å². The van der Waals surface area contributed by atoms with Crippen LogP contribution in [0.3, 0.4) is 0 Å². The molecule has 33 heavy (non-hydrogen) atoms. The quantitative estimate of drug-likeness (QED) is 0.380. The van der Waals surface area contributed by atoms with Crippen LogP contribution in [0, 0.1) is 0 Å². The van der Waals surface area contributed by atoms with Crippen molar-refractivity contribution in [2.24, 2.45) is 0 Å². The molecule has 0 bridgehead atoms. The van der Waals surface area contributed by atoms with Crippen LogP contribution in [0.1, 0.15) is 35.8 Å². The summed E-state index contributed by atoms with van der Waals surface area (Å²) in [5.41, 5.74) is 1.60. The second-order valence-corrected chi connectivity index (χ2v) is 8.88. The van der Waals surface area contributed by atoms with Crippen LogP contribution in [0.25, 0.3) is 27.3 Å². The minimum Gasteiger partial charge on any atom is -0.306 e. The number of nitrogens with zero attached hydrogens (tertiary/aromatic N) is 3. The van der Waals surface area contributed by atoms with Gasteiger partial charge in [0.2, 0.25) is 5.95 Å². The van der Waals surface area contributed by atoms with Crippen LogP contribution in [-0.4, -0.2) is 25.7 Å². The maximum absolute atomic E-state index is 13.3. The van der Waals surface area contributed by atoms with E-state index >= 15 is 0 Å². The van der Waals surface area contributed by atoms with Gasteiger partial charge in [0, 0.05) is 17.7 Å². The third-order valence-electron chi connectivity index (χ3n) is 5.30. The van der Waals surface area contributed by atoms with E-state index in [0.29, 0.717) is 22.8 Å². The highest BCUT2D eigenvalue weighted by atomic mass is 32.1. The number of aromatic nitrogens is 4. The van der Waals surface area contributed by atoms with Gasteiger partial charge in [0.05, 0.1) is 10.6 Å². The monoisotopic (exact) mass is 455 g/mol. The molecule has 0 atom stereocenters. The van der Waals surface area contributed by atoms with Crippen molar-refractivity contribution in [1.82, 2.24) is 19.7 Å². The van der Waals surface area contributed by atoms with Gasteiger partial charge in [0.1, 0.15) is 11.5 Å².